The third-order valence-corrected chi connectivity index (χ3v) is 4.69. The van der Waals surface area contributed by atoms with Crippen LogP contribution in [0.5, 0.6) is 0 Å². The molecule has 1 aromatic carbocycles. The lowest BCUT2D eigenvalue weighted by Crippen LogP contribution is -2.35. The number of aromatic nitrogens is 1. The molecule has 1 amide bonds. The zero-order valence-corrected chi connectivity index (χ0v) is 13.4. The van der Waals surface area contributed by atoms with Gasteiger partial charge in [0.05, 0.1) is 6.26 Å². The van der Waals surface area contributed by atoms with E-state index in [1.807, 2.05) is 4.90 Å². The Hall–Kier alpha value is -2.49. The van der Waals surface area contributed by atoms with Gasteiger partial charge in [0.1, 0.15) is 0 Å². The number of fused-ring (bicyclic) bond motifs is 3. The molecule has 1 N–H and O–H groups in total. The molecule has 23 heavy (non-hydrogen) atoms. The van der Waals surface area contributed by atoms with Crippen LogP contribution in [0.4, 0.5) is 0 Å². The van der Waals surface area contributed by atoms with Gasteiger partial charge in [-0.15, -0.1) is 0 Å². The van der Waals surface area contributed by atoms with Crippen LogP contribution in [0.15, 0.2) is 41.0 Å². The van der Waals surface area contributed by atoms with Crippen LogP contribution in [0.25, 0.3) is 10.9 Å². The van der Waals surface area contributed by atoms with E-state index in [4.69, 9.17) is 4.42 Å². The molecule has 0 saturated heterocycles. The molecule has 4 heteroatoms. The van der Waals surface area contributed by atoms with Gasteiger partial charge in [-0.1, -0.05) is 19.9 Å². The standard InChI is InChI=1S/C19H20N2O2/c1-12(2)13-5-6-16-14(10-13)15-11-21(8-7-17(15)20-16)19(22)18-4-3-9-23-18/h3-6,9-10,12,20H,7-8,11H2,1-2H3. The number of benzene rings is 1. The Kier molecular flexibility index (Phi) is 3.26. The number of hydrogen-bond acceptors (Lipinski definition) is 2. The summed E-state index contributed by atoms with van der Waals surface area (Å²) in [6.07, 6.45) is 2.40. The van der Waals surface area contributed by atoms with Gasteiger partial charge in [-0.25, -0.2) is 0 Å². The second kappa shape index (κ2) is 5.30. The number of H-pyrrole nitrogens is 1. The first kappa shape index (κ1) is 14.1. The molecule has 0 atom stereocenters. The zero-order valence-electron chi connectivity index (χ0n) is 13.4. The lowest BCUT2D eigenvalue weighted by molar-refractivity contribution is 0.0703. The van der Waals surface area contributed by atoms with Crippen molar-refractivity contribution in [2.24, 2.45) is 0 Å². The van der Waals surface area contributed by atoms with E-state index in [1.165, 1.54) is 22.2 Å². The van der Waals surface area contributed by atoms with Gasteiger partial charge in [-0.3, -0.25) is 4.79 Å². The smallest absolute Gasteiger partial charge is 0.289 e. The van der Waals surface area contributed by atoms with Gasteiger partial charge in [0.15, 0.2) is 5.76 Å². The lowest BCUT2D eigenvalue weighted by Gasteiger charge is -2.26. The second-order valence-electron chi connectivity index (χ2n) is 6.50. The van der Waals surface area contributed by atoms with E-state index >= 15 is 0 Å². The molecule has 0 radical (unpaired) electrons. The topological polar surface area (TPSA) is 49.2 Å². The summed E-state index contributed by atoms with van der Waals surface area (Å²) in [6.45, 7) is 5.76. The quantitative estimate of drug-likeness (QED) is 0.775. The van der Waals surface area contributed by atoms with Crippen molar-refractivity contribution in [3.05, 3.63) is 59.2 Å². The third-order valence-electron chi connectivity index (χ3n) is 4.69. The van der Waals surface area contributed by atoms with E-state index < -0.39 is 0 Å². The molecular weight excluding hydrogens is 288 g/mol. The fourth-order valence-corrected chi connectivity index (χ4v) is 3.32. The second-order valence-corrected chi connectivity index (χ2v) is 6.50. The first-order valence-corrected chi connectivity index (χ1v) is 8.09. The van der Waals surface area contributed by atoms with Gasteiger partial charge in [-0.05, 0) is 35.7 Å². The van der Waals surface area contributed by atoms with Gasteiger partial charge in [0.25, 0.3) is 5.91 Å². The highest BCUT2D eigenvalue weighted by molar-refractivity contribution is 5.92. The number of rotatable bonds is 2. The van der Waals surface area contributed by atoms with E-state index in [1.54, 1.807) is 18.4 Å². The summed E-state index contributed by atoms with van der Waals surface area (Å²) in [7, 11) is 0. The van der Waals surface area contributed by atoms with Crippen molar-refractivity contribution in [3.63, 3.8) is 0 Å². The highest BCUT2D eigenvalue weighted by Gasteiger charge is 2.26. The summed E-state index contributed by atoms with van der Waals surface area (Å²) < 4.78 is 5.26. The minimum Gasteiger partial charge on any atom is -0.459 e. The van der Waals surface area contributed by atoms with Crippen LogP contribution >= 0.6 is 0 Å². The van der Waals surface area contributed by atoms with Crippen molar-refractivity contribution in [2.75, 3.05) is 6.54 Å². The predicted octanol–water partition coefficient (Wildman–Crippen LogP) is 4.08. The largest absolute Gasteiger partial charge is 0.459 e. The van der Waals surface area contributed by atoms with Gasteiger partial charge < -0.3 is 14.3 Å². The van der Waals surface area contributed by atoms with E-state index in [-0.39, 0.29) is 5.91 Å². The maximum Gasteiger partial charge on any atom is 0.289 e. The number of aromatic amines is 1. The molecule has 4 nitrogen and oxygen atoms in total. The van der Waals surface area contributed by atoms with E-state index in [0.29, 0.717) is 18.2 Å². The molecule has 0 saturated carbocycles. The molecule has 1 aliphatic heterocycles. The Bertz CT molecular complexity index is 859. The van der Waals surface area contributed by atoms with E-state index in [2.05, 4.69) is 37.0 Å². The molecule has 0 unspecified atom stereocenters. The number of nitrogens with one attached hydrogen (secondary N) is 1. The van der Waals surface area contributed by atoms with Gasteiger partial charge in [-0.2, -0.15) is 0 Å². The van der Waals surface area contributed by atoms with Crippen LogP contribution in [0, 0.1) is 0 Å². The number of carbonyl (C=O) groups is 1. The molecule has 118 valence electrons. The van der Waals surface area contributed by atoms with Crippen LogP contribution in [-0.2, 0) is 13.0 Å². The van der Waals surface area contributed by atoms with Crippen molar-refractivity contribution >= 4 is 16.8 Å². The molecular formula is C19H20N2O2. The highest BCUT2D eigenvalue weighted by atomic mass is 16.3. The molecule has 3 aromatic rings. The Morgan fingerprint density at radius 2 is 2.17 bits per heavy atom. The Labute approximate surface area is 135 Å². The fraction of sp³-hybridized carbons (Fsp3) is 0.316. The van der Waals surface area contributed by atoms with Gasteiger partial charge in [0.2, 0.25) is 0 Å². The molecule has 0 spiro atoms. The van der Waals surface area contributed by atoms with Crippen molar-refractivity contribution in [3.8, 4) is 0 Å². The van der Waals surface area contributed by atoms with Gasteiger partial charge >= 0.3 is 0 Å². The maximum absolute atomic E-state index is 12.5. The van der Waals surface area contributed by atoms with Crippen molar-refractivity contribution < 1.29 is 9.21 Å². The lowest BCUT2D eigenvalue weighted by atomic mass is 9.98. The average Bonchev–Trinajstić information content (AvgIpc) is 3.20. The van der Waals surface area contributed by atoms with Crippen LogP contribution in [0.1, 0.15) is 47.1 Å². The van der Waals surface area contributed by atoms with Crippen LogP contribution in [0.3, 0.4) is 0 Å². The summed E-state index contributed by atoms with van der Waals surface area (Å²) in [5.74, 6) is 0.876. The molecule has 0 bridgehead atoms. The number of hydrogen-bond donors (Lipinski definition) is 1. The van der Waals surface area contributed by atoms with E-state index in [0.717, 1.165) is 18.5 Å². The number of nitrogens with zero attached hydrogens (tertiary/aromatic N) is 1. The Morgan fingerprint density at radius 3 is 2.91 bits per heavy atom. The molecule has 0 fully saturated rings. The van der Waals surface area contributed by atoms with Crippen LogP contribution in [0.2, 0.25) is 0 Å². The average molecular weight is 308 g/mol. The fourth-order valence-electron chi connectivity index (χ4n) is 3.32. The summed E-state index contributed by atoms with van der Waals surface area (Å²) in [6, 6.07) is 10.1. The molecule has 2 aromatic heterocycles. The first-order valence-electron chi connectivity index (χ1n) is 8.09. The third kappa shape index (κ3) is 2.34. The Morgan fingerprint density at radius 1 is 1.30 bits per heavy atom. The summed E-state index contributed by atoms with van der Waals surface area (Å²) >= 11 is 0. The highest BCUT2D eigenvalue weighted by Crippen LogP contribution is 2.30. The molecule has 1 aliphatic rings. The maximum atomic E-state index is 12.5. The molecule has 0 aliphatic carbocycles. The summed E-state index contributed by atoms with van der Waals surface area (Å²) in [5, 5.41) is 1.24. The summed E-state index contributed by atoms with van der Waals surface area (Å²) in [4.78, 5) is 17.9. The zero-order chi connectivity index (χ0) is 16.0. The summed E-state index contributed by atoms with van der Waals surface area (Å²) in [5.41, 5.74) is 4.98. The predicted molar refractivity (Wildman–Crippen MR) is 89.5 cm³/mol. The van der Waals surface area contributed by atoms with Crippen LogP contribution in [-0.4, -0.2) is 22.3 Å². The Balaban J connectivity index is 1.71. The van der Waals surface area contributed by atoms with Crippen LogP contribution < -0.4 is 0 Å². The van der Waals surface area contributed by atoms with Crippen molar-refractivity contribution in [1.82, 2.24) is 9.88 Å². The van der Waals surface area contributed by atoms with E-state index in [9.17, 15) is 4.79 Å². The number of furan rings is 1. The van der Waals surface area contributed by atoms with Gasteiger partial charge in [0, 0.05) is 41.7 Å². The normalized spacial score (nSPS) is 14.5. The minimum absolute atomic E-state index is 0.0324. The molecule has 4 rings (SSSR count). The minimum atomic E-state index is -0.0324. The van der Waals surface area contributed by atoms with Crippen molar-refractivity contribution in [2.45, 2.75) is 32.7 Å². The first-order chi connectivity index (χ1) is 11.1. The molecule has 3 heterocycles. The monoisotopic (exact) mass is 308 g/mol. The van der Waals surface area contributed by atoms with Crippen molar-refractivity contribution in [1.29, 1.82) is 0 Å². The number of carbonyl (C=O) groups excluding carboxylic acids is 1. The number of amides is 1. The SMILES string of the molecule is CC(C)c1ccc2[nH]c3c(c2c1)CN(C(=O)c1ccco1)CC3.